The first-order valence-corrected chi connectivity index (χ1v) is 5.07. The van der Waals surface area contributed by atoms with Gasteiger partial charge in [0.1, 0.15) is 0 Å². The molecule has 0 aromatic carbocycles. The molecule has 6 heavy (non-hydrogen) atoms. The Bertz CT molecular complexity index is 95.7. The first kappa shape index (κ1) is 6.90. The predicted molar refractivity (Wildman–Crippen MR) is 33.0 cm³/mol. The summed E-state index contributed by atoms with van der Waals surface area (Å²) < 4.78 is 9.95. The molecular weight excluding hydrogens is 162 g/mol. The molecule has 36 valence electrons. The van der Waals surface area contributed by atoms with Gasteiger partial charge in [-0.25, -0.2) is 0 Å². The van der Waals surface area contributed by atoms with Crippen LogP contribution in [-0.2, 0) is 4.57 Å². The lowest BCUT2D eigenvalue weighted by molar-refractivity contribution is 0.599. The standard InChI is InChI=1S/CHCl2OPS/c2-5(3,4)1-6/h1H. The summed E-state index contributed by atoms with van der Waals surface area (Å²) in [6.45, 7) is 0. The van der Waals surface area contributed by atoms with Crippen molar-refractivity contribution >= 4 is 45.7 Å². The van der Waals surface area contributed by atoms with Crippen LogP contribution in [0.5, 0.6) is 0 Å². The highest BCUT2D eigenvalue weighted by molar-refractivity contribution is 8.24. The van der Waals surface area contributed by atoms with Gasteiger partial charge in [0.15, 0.2) is 0 Å². The van der Waals surface area contributed by atoms with Crippen LogP contribution in [0.25, 0.3) is 0 Å². The Morgan fingerprint density at radius 3 is 1.83 bits per heavy atom. The van der Waals surface area contributed by atoms with Crippen LogP contribution in [0.2, 0.25) is 0 Å². The van der Waals surface area contributed by atoms with Gasteiger partial charge >= 0.3 is 0 Å². The third kappa shape index (κ3) is 4.90. The summed E-state index contributed by atoms with van der Waals surface area (Å²) >= 11 is 13.9. The summed E-state index contributed by atoms with van der Waals surface area (Å²) in [7, 11) is 0. The first-order valence-electron chi connectivity index (χ1n) is 1.01. The molecule has 0 aliphatic rings. The number of hydrogen-bond acceptors (Lipinski definition) is 2. The normalized spacial score (nSPS) is 11.0. The minimum atomic E-state index is -3.01. The zero-order chi connectivity index (χ0) is 5.21. The maximum Gasteiger partial charge on any atom is 0.285 e. The molecule has 0 amide bonds. The number of rotatable bonds is 1. The van der Waals surface area contributed by atoms with E-state index in [2.05, 4.69) is 12.2 Å². The van der Waals surface area contributed by atoms with Crippen LogP contribution < -0.4 is 0 Å². The number of thiocarbonyl (C=S) groups is 1. The molecule has 0 saturated carbocycles. The maximum absolute atomic E-state index is 9.95. The molecule has 0 atom stereocenters. The fourth-order valence-corrected chi connectivity index (χ4v) is 0. The summed E-state index contributed by atoms with van der Waals surface area (Å²) in [4.78, 5) is 0. The van der Waals surface area contributed by atoms with Gasteiger partial charge in [0.25, 0.3) is 5.85 Å². The third-order valence-corrected chi connectivity index (χ3v) is 2.54. The third-order valence-electron chi connectivity index (χ3n) is 0.123. The fourth-order valence-electron chi connectivity index (χ4n) is 0. The van der Waals surface area contributed by atoms with Crippen molar-refractivity contribution in [1.82, 2.24) is 0 Å². The summed E-state index contributed by atoms with van der Waals surface area (Å²) in [5, 5.41) is 0.857. The molecule has 1 nitrogen and oxygen atoms in total. The van der Waals surface area contributed by atoms with Crippen LogP contribution in [0.1, 0.15) is 0 Å². The van der Waals surface area contributed by atoms with Gasteiger partial charge in [0.05, 0.1) is 5.11 Å². The Balaban J connectivity index is 3.81. The van der Waals surface area contributed by atoms with Gasteiger partial charge in [-0.1, -0.05) is 12.2 Å². The molecule has 0 aromatic heterocycles. The van der Waals surface area contributed by atoms with Gasteiger partial charge in [-0.2, -0.15) is 0 Å². The van der Waals surface area contributed by atoms with E-state index < -0.39 is 5.85 Å². The Hall–Kier alpha value is 0.900. The first-order chi connectivity index (χ1) is 2.56. The van der Waals surface area contributed by atoms with Gasteiger partial charge in [0.2, 0.25) is 0 Å². The second kappa shape index (κ2) is 2.27. The van der Waals surface area contributed by atoms with Crippen LogP contribution in [0.4, 0.5) is 0 Å². The highest BCUT2D eigenvalue weighted by atomic mass is 35.9. The molecule has 0 aliphatic heterocycles. The molecule has 0 rings (SSSR count). The molecule has 0 N–H and O–H groups in total. The Morgan fingerprint density at radius 1 is 1.67 bits per heavy atom. The van der Waals surface area contributed by atoms with Crippen molar-refractivity contribution in [2.45, 2.75) is 0 Å². The fraction of sp³-hybridized carbons (Fsp3) is 0. The van der Waals surface area contributed by atoms with Crippen LogP contribution in [-0.4, -0.2) is 5.11 Å². The number of hydrogen-bond donors (Lipinski definition) is 0. The zero-order valence-electron chi connectivity index (χ0n) is 2.60. The van der Waals surface area contributed by atoms with E-state index in [0.29, 0.717) is 0 Å². The number of halogens is 2. The van der Waals surface area contributed by atoms with E-state index in [1.165, 1.54) is 0 Å². The monoisotopic (exact) mass is 162 g/mol. The van der Waals surface area contributed by atoms with Crippen molar-refractivity contribution in [1.29, 1.82) is 0 Å². The molecule has 0 fully saturated rings. The van der Waals surface area contributed by atoms with E-state index in [0.717, 1.165) is 5.11 Å². The van der Waals surface area contributed by atoms with Gasteiger partial charge < -0.3 is 0 Å². The van der Waals surface area contributed by atoms with E-state index in [1.54, 1.807) is 0 Å². The second-order valence-corrected chi connectivity index (χ2v) is 5.99. The van der Waals surface area contributed by atoms with Crippen molar-refractivity contribution in [2.24, 2.45) is 0 Å². The topological polar surface area (TPSA) is 17.1 Å². The van der Waals surface area contributed by atoms with E-state index in [4.69, 9.17) is 22.5 Å². The van der Waals surface area contributed by atoms with Crippen LogP contribution in [0, 0.1) is 0 Å². The smallest absolute Gasteiger partial charge is 0.284 e. The highest BCUT2D eigenvalue weighted by Crippen LogP contribution is 2.53. The summed E-state index contributed by atoms with van der Waals surface area (Å²) in [6.07, 6.45) is 0. The van der Waals surface area contributed by atoms with Crippen molar-refractivity contribution in [2.75, 3.05) is 0 Å². The van der Waals surface area contributed by atoms with Crippen LogP contribution in [0.3, 0.4) is 0 Å². The zero-order valence-corrected chi connectivity index (χ0v) is 5.82. The Labute approximate surface area is 50.6 Å². The highest BCUT2D eigenvalue weighted by Gasteiger charge is 2.04. The summed E-state index contributed by atoms with van der Waals surface area (Å²) in [6, 6.07) is 0. The molecule has 0 unspecified atom stereocenters. The molecule has 0 spiro atoms. The van der Waals surface area contributed by atoms with Gasteiger partial charge in [-0.05, 0) is 22.5 Å². The molecular formula is CHCl2OPS. The summed E-state index contributed by atoms with van der Waals surface area (Å²) in [5.74, 6) is -3.01. The molecule has 5 heteroatoms. The quantitative estimate of drug-likeness (QED) is 0.436. The van der Waals surface area contributed by atoms with E-state index in [9.17, 15) is 4.57 Å². The minimum Gasteiger partial charge on any atom is -0.284 e. The van der Waals surface area contributed by atoms with E-state index in [-0.39, 0.29) is 0 Å². The van der Waals surface area contributed by atoms with Crippen LogP contribution >= 0.6 is 40.5 Å². The van der Waals surface area contributed by atoms with E-state index >= 15 is 0 Å². The van der Waals surface area contributed by atoms with E-state index in [1.807, 2.05) is 0 Å². The average Bonchev–Trinajstić information content (AvgIpc) is 1.35. The van der Waals surface area contributed by atoms with Crippen molar-refractivity contribution in [3.8, 4) is 0 Å². The molecule has 0 aliphatic carbocycles. The molecule has 0 radical (unpaired) electrons. The van der Waals surface area contributed by atoms with Gasteiger partial charge in [-0.15, -0.1) is 0 Å². The maximum atomic E-state index is 9.95. The SMILES string of the molecule is O=P(Cl)(Cl)C=S. The van der Waals surface area contributed by atoms with Crippen molar-refractivity contribution in [3.05, 3.63) is 0 Å². The molecule has 0 heterocycles. The van der Waals surface area contributed by atoms with Gasteiger partial charge in [0, 0.05) is 0 Å². The minimum absolute atomic E-state index is 0.857. The lowest BCUT2D eigenvalue weighted by Gasteiger charge is -1.80. The average molecular weight is 163 g/mol. The second-order valence-electron chi connectivity index (χ2n) is 0.608. The predicted octanol–water partition coefficient (Wildman–Crippen LogP) is 2.61. The largest absolute Gasteiger partial charge is 0.285 e. The molecule has 0 aromatic rings. The molecule has 0 bridgehead atoms. The lowest BCUT2D eigenvalue weighted by atomic mass is 11.9. The summed E-state index contributed by atoms with van der Waals surface area (Å²) in [5.41, 5.74) is 0. The van der Waals surface area contributed by atoms with Crippen molar-refractivity contribution in [3.63, 3.8) is 0 Å². The van der Waals surface area contributed by atoms with Crippen LogP contribution in [0.15, 0.2) is 0 Å². The Kier molecular flexibility index (Phi) is 2.61. The molecule has 0 saturated heterocycles. The Morgan fingerprint density at radius 2 is 1.83 bits per heavy atom. The van der Waals surface area contributed by atoms with Gasteiger partial charge in [-0.3, -0.25) is 4.57 Å². The lowest BCUT2D eigenvalue weighted by Crippen LogP contribution is -1.47. The van der Waals surface area contributed by atoms with Crippen molar-refractivity contribution < 1.29 is 4.57 Å².